The van der Waals surface area contributed by atoms with E-state index < -0.39 is 8.32 Å². The van der Waals surface area contributed by atoms with Crippen LogP contribution in [0.25, 0.3) is 0 Å². The number of nitrogens with one attached hydrogen (secondary N) is 1. The van der Waals surface area contributed by atoms with Crippen LogP contribution in [0.2, 0.25) is 19.6 Å². The van der Waals surface area contributed by atoms with Gasteiger partial charge in [-0.05, 0) is 25.6 Å². The summed E-state index contributed by atoms with van der Waals surface area (Å²) in [5.74, 6) is 0.284. The molecule has 1 unspecified atom stereocenters. The lowest BCUT2D eigenvalue weighted by molar-refractivity contribution is 0.148. The molecule has 0 aromatic heterocycles. The summed E-state index contributed by atoms with van der Waals surface area (Å²) in [7, 11) is -1.54. The van der Waals surface area contributed by atoms with Gasteiger partial charge in [0, 0.05) is 0 Å². The highest BCUT2D eigenvalue weighted by atomic mass is 28.4. The lowest BCUT2D eigenvalue weighted by Gasteiger charge is -2.21. The van der Waals surface area contributed by atoms with Crippen molar-refractivity contribution in [1.29, 1.82) is 5.26 Å². The third kappa shape index (κ3) is 5.30. The van der Waals surface area contributed by atoms with Gasteiger partial charge in [-0.15, -0.1) is 0 Å². The van der Waals surface area contributed by atoms with Gasteiger partial charge in [-0.2, -0.15) is 10.7 Å². The van der Waals surface area contributed by atoms with Crippen LogP contribution in [0.5, 0.6) is 0 Å². The van der Waals surface area contributed by atoms with Gasteiger partial charge in [0.15, 0.2) is 0 Å². The van der Waals surface area contributed by atoms with Gasteiger partial charge in [0.2, 0.25) is 8.32 Å². The van der Waals surface area contributed by atoms with Crippen LogP contribution in [0.4, 0.5) is 0 Å². The number of hydrogen-bond acceptors (Lipinski definition) is 3. The third-order valence-corrected chi connectivity index (χ3v) is 2.03. The fourth-order valence-corrected chi connectivity index (χ4v) is 1.03. The van der Waals surface area contributed by atoms with Crippen LogP contribution < -0.4 is 5.48 Å². The number of nitriles is 1. The van der Waals surface area contributed by atoms with Crippen LogP contribution in [0.15, 0.2) is 0 Å². The fourth-order valence-electron chi connectivity index (χ4n) is 0.552. The second kappa shape index (κ2) is 4.60. The third-order valence-electron chi connectivity index (χ3n) is 1.30. The summed E-state index contributed by atoms with van der Waals surface area (Å²) in [6, 6.07) is 1.96. The molecular formula is C8H18N2OSi. The molecule has 1 N–H and O–H groups in total. The highest BCUT2D eigenvalue weighted by Crippen LogP contribution is 2.04. The highest BCUT2D eigenvalue weighted by Gasteiger charge is 2.19. The van der Waals surface area contributed by atoms with Gasteiger partial charge in [0.05, 0.1) is 6.07 Å². The number of nitrogens with zero attached hydrogens (tertiary/aromatic N) is 1. The van der Waals surface area contributed by atoms with Crippen LogP contribution in [0, 0.1) is 17.2 Å². The molecule has 0 aliphatic rings. The Morgan fingerprint density at radius 1 is 1.33 bits per heavy atom. The van der Waals surface area contributed by atoms with Crippen molar-refractivity contribution in [3.8, 4) is 6.07 Å². The average molecular weight is 186 g/mol. The zero-order valence-electron chi connectivity index (χ0n) is 8.51. The molecule has 0 bridgehead atoms. The zero-order chi connectivity index (χ0) is 9.78. The Morgan fingerprint density at radius 2 is 1.83 bits per heavy atom. The average Bonchev–Trinajstić information content (AvgIpc) is 1.85. The second-order valence-electron chi connectivity index (χ2n) is 4.18. The molecule has 0 heterocycles. The van der Waals surface area contributed by atoms with Gasteiger partial charge >= 0.3 is 0 Å². The molecule has 0 rings (SSSR count). The minimum absolute atomic E-state index is 0.197. The normalized spacial score (nSPS) is 14.4. The number of rotatable bonds is 4. The molecular weight excluding hydrogens is 168 g/mol. The van der Waals surface area contributed by atoms with E-state index in [0.717, 1.165) is 0 Å². The van der Waals surface area contributed by atoms with Gasteiger partial charge in [0.1, 0.15) is 6.04 Å². The monoisotopic (exact) mass is 186 g/mol. The largest absolute Gasteiger partial charge is 0.345 e. The summed E-state index contributed by atoms with van der Waals surface area (Å²) in [5, 5.41) is 8.72. The first-order valence-corrected chi connectivity index (χ1v) is 7.61. The molecule has 0 saturated carbocycles. The summed E-state index contributed by atoms with van der Waals surface area (Å²) >= 11 is 0. The van der Waals surface area contributed by atoms with Crippen molar-refractivity contribution < 1.29 is 4.53 Å². The quantitative estimate of drug-likeness (QED) is 0.538. The van der Waals surface area contributed by atoms with Crippen LogP contribution in [-0.2, 0) is 4.53 Å². The molecule has 0 aliphatic carbocycles. The lowest BCUT2D eigenvalue weighted by atomic mass is 10.1. The first-order chi connectivity index (χ1) is 5.37. The molecule has 0 amide bonds. The maximum atomic E-state index is 8.72. The van der Waals surface area contributed by atoms with Crippen molar-refractivity contribution in [3.05, 3.63) is 0 Å². The second-order valence-corrected chi connectivity index (χ2v) is 8.61. The molecule has 1 atom stereocenters. The molecule has 0 aromatic carbocycles. The van der Waals surface area contributed by atoms with Gasteiger partial charge < -0.3 is 4.53 Å². The van der Waals surface area contributed by atoms with Crippen molar-refractivity contribution in [3.63, 3.8) is 0 Å². The van der Waals surface area contributed by atoms with Crippen LogP contribution in [-0.4, -0.2) is 14.4 Å². The summed E-state index contributed by atoms with van der Waals surface area (Å²) in [6.45, 7) is 10.2. The van der Waals surface area contributed by atoms with Gasteiger partial charge in [-0.1, -0.05) is 13.8 Å². The molecule has 3 nitrogen and oxygen atoms in total. The Morgan fingerprint density at radius 3 is 2.08 bits per heavy atom. The van der Waals surface area contributed by atoms with Crippen molar-refractivity contribution in [2.75, 3.05) is 0 Å². The molecule has 0 fully saturated rings. The maximum Gasteiger partial charge on any atom is 0.211 e. The van der Waals surface area contributed by atoms with Crippen LogP contribution >= 0.6 is 0 Å². The molecule has 0 radical (unpaired) electrons. The molecule has 0 aromatic rings. The van der Waals surface area contributed by atoms with Gasteiger partial charge in [-0.3, -0.25) is 0 Å². The van der Waals surface area contributed by atoms with E-state index in [2.05, 4.69) is 31.2 Å². The predicted octanol–water partition coefficient (Wildman–Crippen LogP) is 1.89. The summed E-state index contributed by atoms with van der Waals surface area (Å²) in [4.78, 5) is 0. The first kappa shape index (κ1) is 11.6. The van der Waals surface area contributed by atoms with E-state index >= 15 is 0 Å². The Labute approximate surface area is 75.8 Å². The maximum absolute atomic E-state index is 8.72. The summed E-state index contributed by atoms with van der Waals surface area (Å²) in [5.41, 5.74) is 2.81. The van der Waals surface area contributed by atoms with Crippen molar-refractivity contribution in [2.24, 2.45) is 5.92 Å². The molecule has 0 spiro atoms. The minimum atomic E-state index is -1.54. The van der Waals surface area contributed by atoms with E-state index in [0.29, 0.717) is 0 Å². The number of hydrogen-bond donors (Lipinski definition) is 1. The van der Waals surface area contributed by atoms with E-state index in [1.807, 2.05) is 13.8 Å². The Balaban J connectivity index is 3.84. The fraction of sp³-hybridized carbons (Fsp3) is 0.875. The lowest BCUT2D eigenvalue weighted by Crippen LogP contribution is -2.41. The van der Waals surface area contributed by atoms with Gasteiger partial charge in [0.25, 0.3) is 0 Å². The Hall–Kier alpha value is -0.373. The topological polar surface area (TPSA) is 45.0 Å². The van der Waals surface area contributed by atoms with Crippen molar-refractivity contribution in [2.45, 2.75) is 39.5 Å². The molecule has 12 heavy (non-hydrogen) atoms. The van der Waals surface area contributed by atoms with Crippen molar-refractivity contribution >= 4 is 8.32 Å². The predicted molar refractivity (Wildman–Crippen MR) is 51.8 cm³/mol. The van der Waals surface area contributed by atoms with E-state index in [4.69, 9.17) is 9.79 Å². The Kier molecular flexibility index (Phi) is 4.46. The van der Waals surface area contributed by atoms with Crippen LogP contribution in [0.3, 0.4) is 0 Å². The molecule has 0 aliphatic heterocycles. The molecule has 70 valence electrons. The van der Waals surface area contributed by atoms with E-state index in [9.17, 15) is 0 Å². The van der Waals surface area contributed by atoms with E-state index in [1.54, 1.807) is 0 Å². The SMILES string of the molecule is CC(C)C(C#N)NO[Si](C)(C)C. The first-order valence-electron chi connectivity index (χ1n) is 4.20. The minimum Gasteiger partial charge on any atom is -0.345 e. The smallest absolute Gasteiger partial charge is 0.211 e. The zero-order valence-corrected chi connectivity index (χ0v) is 9.51. The van der Waals surface area contributed by atoms with E-state index in [-0.39, 0.29) is 12.0 Å². The molecule has 0 saturated heterocycles. The molecule has 4 heteroatoms. The summed E-state index contributed by atoms with van der Waals surface area (Å²) < 4.78 is 5.41. The van der Waals surface area contributed by atoms with E-state index in [1.165, 1.54) is 0 Å². The van der Waals surface area contributed by atoms with Crippen LogP contribution in [0.1, 0.15) is 13.8 Å². The van der Waals surface area contributed by atoms with Crippen molar-refractivity contribution in [1.82, 2.24) is 5.48 Å². The summed E-state index contributed by atoms with van der Waals surface area (Å²) in [6.07, 6.45) is 0. The van der Waals surface area contributed by atoms with Gasteiger partial charge in [-0.25, -0.2) is 0 Å². The Bertz CT molecular complexity index is 169. The highest BCUT2D eigenvalue weighted by molar-refractivity contribution is 6.69. The standard InChI is InChI=1S/C8H18N2OSi/c1-7(2)8(6-9)10-11-12(3,4)5/h7-8,10H,1-5H3. The number of hydroxylamine groups is 1.